The van der Waals surface area contributed by atoms with Gasteiger partial charge in [0.05, 0.1) is 11.0 Å². The molecule has 2 atom stereocenters. The van der Waals surface area contributed by atoms with Crippen LogP contribution in [0.15, 0.2) is 58.3 Å². The van der Waals surface area contributed by atoms with Gasteiger partial charge in [0.2, 0.25) is 10.0 Å². The summed E-state index contributed by atoms with van der Waals surface area (Å²) in [5.41, 5.74) is 1.18. The maximum atomic E-state index is 13.0. The van der Waals surface area contributed by atoms with E-state index in [1.807, 2.05) is 0 Å². The number of carbonyl (C=O) groups excluding carboxylic acids is 2. The molecule has 2 aromatic rings. The zero-order valence-electron chi connectivity index (χ0n) is 17.5. The molecular formula is C21H22F2N2O6S2. The molecule has 33 heavy (non-hydrogen) atoms. The lowest BCUT2D eigenvalue weighted by Crippen LogP contribution is -2.42. The summed E-state index contributed by atoms with van der Waals surface area (Å²) in [6.07, 6.45) is -1.21. The van der Waals surface area contributed by atoms with Gasteiger partial charge < -0.3 is 15.2 Å². The highest BCUT2D eigenvalue weighted by molar-refractivity contribution is 7.99. The van der Waals surface area contributed by atoms with Gasteiger partial charge in [-0.15, -0.1) is 0 Å². The number of amides is 1. The highest BCUT2D eigenvalue weighted by atomic mass is 32.2. The summed E-state index contributed by atoms with van der Waals surface area (Å²) in [6.45, 7) is 0.848. The first-order valence-corrected chi connectivity index (χ1v) is 12.2. The summed E-state index contributed by atoms with van der Waals surface area (Å²) in [4.78, 5) is 24.9. The molecule has 0 aliphatic carbocycles. The number of rotatable bonds is 8. The van der Waals surface area contributed by atoms with Gasteiger partial charge in [0, 0.05) is 23.5 Å². The van der Waals surface area contributed by atoms with Crippen LogP contribution >= 0.6 is 11.8 Å². The van der Waals surface area contributed by atoms with Crippen LogP contribution in [0, 0.1) is 6.92 Å². The lowest BCUT2D eigenvalue weighted by molar-refractivity contribution is -0.150. The molecule has 1 heterocycles. The van der Waals surface area contributed by atoms with Crippen molar-refractivity contribution in [1.82, 2.24) is 4.31 Å². The van der Waals surface area contributed by atoms with Gasteiger partial charge in [-0.2, -0.15) is 13.1 Å². The lowest BCUT2D eigenvalue weighted by atomic mass is 10.2. The molecule has 0 radical (unpaired) electrons. The number of ether oxygens (including phenoxy) is 1. The van der Waals surface area contributed by atoms with Gasteiger partial charge >= 0.3 is 5.97 Å². The summed E-state index contributed by atoms with van der Waals surface area (Å²) in [5, 5.41) is 12.4. The number of aliphatic hydroxyl groups excluding tert-OH is 1. The average Bonchev–Trinajstić information content (AvgIpc) is 3.16. The fourth-order valence-corrected chi connectivity index (χ4v) is 5.38. The van der Waals surface area contributed by atoms with E-state index in [-0.39, 0.29) is 17.9 Å². The Hall–Kier alpha value is -2.54. The second kappa shape index (κ2) is 10.6. The van der Waals surface area contributed by atoms with E-state index in [4.69, 9.17) is 4.74 Å². The van der Waals surface area contributed by atoms with Crippen molar-refractivity contribution in [2.75, 3.05) is 18.5 Å². The molecule has 1 unspecified atom stereocenters. The summed E-state index contributed by atoms with van der Waals surface area (Å²) in [7, 11) is -4.07. The van der Waals surface area contributed by atoms with Crippen LogP contribution in [0.1, 0.15) is 12.0 Å². The fourth-order valence-electron chi connectivity index (χ4n) is 3.26. The van der Waals surface area contributed by atoms with Crippen LogP contribution in [-0.2, 0) is 24.3 Å². The summed E-state index contributed by atoms with van der Waals surface area (Å²) < 4.78 is 56.5. The number of aliphatic hydroxyl groups is 1. The monoisotopic (exact) mass is 500 g/mol. The normalized spacial score (nSPS) is 18.9. The van der Waals surface area contributed by atoms with Crippen LogP contribution in [0.25, 0.3) is 0 Å². The van der Waals surface area contributed by atoms with Crippen molar-refractivity contribution < 1.29 is 36.6 Å². The first-order valence-electron chi connectivity index (χ1n) is 9.84. The van der Waals surface area contributed by atoms with E-state index < -0.39 is 46.4 Å². The van der Waals surface area contributed by atoms with E-state index in [2.05, 4.69) is 5.32 Å². The van der Waals surface area contributed by atoms with Gasteiger partial charge in [0.15, 0.2) is 6.61 Å². The SMILES string of the molecule is Cc1ccc(S(=O)(=O)N2CC(O)C[C@H]2C(=O)OCC(=O)Nc2ccc(SC(F)F)cc2)cc1. The van der Waals surface area contributed by atoms with Gasteiger partial charge in [-0.3, -0.25) is 9.59 Å². The molecule has 1 aliphatic heterocycles. The summed E-state index contributed by atoms with van der Waals surface area (Å²) >= 11 is 0.366. The molecular weight excluding hydrogens is 478 g/mol. The van der Waals surface area contributed by atoms with Crippen molar-refractivity contribution in [3.8, 4) is 0 Å². The average molecular weight is 501 g/mol. The summed E-state index contributed by atoms with van der Waals surface area (Å²) in [5.74, 6) is -4.21. The first-order chi connectivity index (χ1) is 15.6. The Morgan fingerprint density at radius 3 is 2.42 bits per heavy atom. The van der Waals surface area contributed by atoms with E-state index in [1.54, 1.807) is 19.1 Å². The summed E-state index contributed by atoms with van der Waals surface area (Å²) in [6, 6.07) is 10.5. The van der Waals surface area contributed by atoms with E-state index >= 15 is 0 Å². The maximum Gasteiger partial charge on any atom is 0.325 e. The number of hydrogen-bond donors (Lipinski definition) is 2. The van der Waals surface area contributed by atoms with Crippen LogP contribution in [0.5, 0.6) is 0 Å². The van der Waals surface area contributed by atoms with Crippen LogP contribution < -0.4 is 5.32 Å². The third kappa shape index (κ3) is 6.50. The standard InChI is InChI=1S/C21H22F2N2O6S2/c1-13-2-8-17(9-3-13)33(29,30)25-11-15(26)10-18(25)20(28)31-12-19(27)24-14-4-6-16(7-5-14)32-21(22)23/h2-9,15,18,21,26H,10-12H2,1H3,(H,24,27)/t15?,18-/m0/s1. The molecule has 2 N–H and O–H groups in total. The second-order valence-corrected chi connectivity index (χ2v) is 10.3. The Balaban J connectivity index is 1.60. The Kier molecular flexibility index (Phi) is 8.05. The molecule has 0 bridgehead atoms. The zero-order chi connectivity index (χ0) is 24.2. The number of halogens is 2. The first kappa shape index (κ1) is 25.1. The molecule has 1 saturated heterocycles. The number of esters is 1. The highest BCUT2D eigenvalue weighted by Crippen LogP contribution is 2.28. The predicted molar refractivity (Wildman–Crippen MR) is 117 cm³/mol. The van der Waals surface area contributed by atoms with E-state index in [9.17, 15) is 31.9 Å². The van der Waals surface area contributed by atoms with Gasteiger partial charge in [0.25, 0.3) is 11.7 Å². The van der Waals surface area contributed by atoms with Crippen molar-refractivity contribution in [3.63, 3.8) is 0 Å². The predicted octanol–water partition coefficient (Wildman–Crippen LogP) is 2.62. The van der Waals surface area contributed by atoms with Gasteiger partial charge in [0.1, 0.15) is 6.04 Å². The maximum absolute atomic E-state index is 13.0. The fraction of sp³-hybridized carbons (Fsp3) is 0.333. The number of thioether (sulfide) groups is 1. The van der Waals surface area contributed by atoms with Crippen LogP contribution in [0.4, 0.5) is 14.5 Å². The van der Waals surface area contributed by atoms with Gasteiger partial charge in [-0.25, -0.2) is 8.42 Å². The minimum atomic E-state index is -4.07. The molecule has 1 aliphatic rings. The lowest BCUT2D eigenvalue weighted by Gasteiger charge is -2.22. The number of carbonyl (C=O) groups is 2. The minimum absolute atomic E-state index is 0.0220. The molecule has 12 heteroatoms. The van der Waals surface area contributed by atoms with Gasteiger partial charge in [-0.05, 0) is 43.3 Å². The largest absolute Gasteiger partial charge is 0.454 e. The number of hydrogen-bond acceptors (Lipinski definition) is 7. The zero-order valence-corrected chi connectivity index (χ0v) is 19.1. The molecule has 0 aromatic heterocycles. The molecule has 2 aromatic carbocycles. The molecule has 178 valence electrons. The topological polar surface area (TPSA) is 113 Å². The van der Waals surface area contributed by atoms with Crippen molar-refractivity contribution in [3.05, 3.63) is 54.1 Å². The van der Waals surface area contributed by atoms with Gasteiger partial charge in [-0.1, -0.05) is 29.5 Å². The Labute approximate surface area is 194 Å². The third-order valence-electron chi connectivity index (χ3n) is 4.84. The number of β-amino-alcohol motifs (C(OH)–C–C–N with tert-alkyl or cyclic N) is 1. The number of aryl methyl sites for hydroxylation is 1. The van der Waals surface area contributed by atoms with Crippen molar-refractivity contribution in [2.24, 2.45) is 0 Å². The number of anilines is 1. The molecule has 1 amide bonds. The number of benzene rings is 2. The van der Waals surface area contributed by atoms with Crippen LogP contribution in [0.3, 0.4) is 0 Å². The van der Waals surface area contributed by atoms with Crippen LogP contribution in [-0.4, -0.2) is 60.8 Å². The second-order valence-electron chi connectivity index (χ2n) is 7.35. The molecule has 0 saturated carbocycles. The molecule has 8 nitrogen and oxygen atoms in total. The molecule has 3 rings (SSSR count). The third-order valence-corrected chi connectivity index (χ3v) is 7.45. The Morgan fingerprint density at radius 1 is 1.18 bits per heavy atom. The number of alkyl halides is 2. The van der Waals surface area contributed by atoms with E-state index in [0.717, 1.165) is 9.87 Å². The van der Waals surface area contributed by atoms with Crippen molar-refractivity contribution in [2.45, 2.75) is 41.0 Å². The van der Waals surface area contributed by atoms with E-state index in [0.29, 0.717) is 22.3 Å². The number of sulfonamides is 1. The Morgan fingerprint density at radius 2 is 1.82 bits per heavy atom. The number of nitrogens with one attached hydrogen (secondary N) is 1. The number of nitrogens with zero attached hydrogens (tertiary/aromatic N) is 1. The van der Waals surface area contributed by atoms with Crippen molar-refractivity contribution >= 4 is 39.3 Å². The smallest absolute Gasteiger partial charge is 0.325 e. The van der Waals surface area contributed by atoms with Crippen molar-refractivity contribution in [1.29, 1.82) is 0 Å². The quantitative estimate of drug-likeness (QED) is 0.423. The molecule has 1 fully saturated rings. The van der Waals surface area contributed by atoms with E-state index in [1.165, 1.54) is 36.4 Å². The molecule has 0 spiro atoms. The minimum Gasteiger partial charge on any atom is -0.454 e. The Bertz CT molecular complexity index is 1090. The van der Waals surface area contributed by atoms with Crippen LogP contribution in [0.2, 0.25) is 0 Å². The highest BCUT2D eigenvalue weighted by Gasteiger charge is 2.44.